The molecule has 0 aromatic carbocycles. The highest BCUT2D eigenvalue weighted by atomic mass is 16.5. The summed E-state index contributed by atoms with van der Waals surface area (Å²) in [7, 11) is 2.11. The van der Waals surface area contributed by atoms with Gasteiger partial charge in [0, 0.05) is 19.3 Å². The lowest BCUT2D eigenvalue weighted by Crippen LogP contribution is -2.21. The van der Waals surface area contributed by atoms with Crippen LogP contribution in [0.25, 0.3) is 0 Å². The molecule has 1 fully saturated rings. The van der Waals surface area contributed by atoms with Crippen LogP contribution in [0.5, 0.6) is 5.75 Å². The van der Waals surface area contributed by atoms with Gasteiger partial charge < -0.3 is 9.64 Å². The summed E-state index contributed by atoms with van der Waals surface area (Å²) in [6.07, 6.45) is 5.93. The number of likely N-dealkylation sites (tertiary alicyclic amines) is 1. The monoisotopic (exact) mass is 177 g/mol. The van der Waals surface area contributed by atoms with Crippen molar-refractivity contribution in [2.24, 2.45) is 0 Å². The van der Waals surface area contributed by atoms with E-state index in [-0.39, 0.29) is 0 Å². The first kappa shape index (κ1) is 8.51. The van der Waals surface area contributed by atoms with E-state index in [9.17, 15) is 0 Å². The Morgan fingerprint density at radius 3 is 3.23 bits per heavy atom. The molecule has 1 saturated heterocycles. The van der Waals surface area contributed by atoms with Crippen LogP contribution in [-0.2, 0) is 0 Å². The topological polar surface area (TPSA) is 25.4 Å². The minimum Gasteiger partial charge on any atom is -0.487 e. The number of hydrogen-bond donors (Lipinski definition) is 0. The van der Waals surface area contributed by atoms with Gasteiger partial charge >= 0.3 is 0 Å². The van der Waals surface area contributed by atoms with Crippen LogP contribution < -0.4 is 4.74 Å². The zero-order valence-electron chi connectivity index (χ0n) is 7.73. The number of likely N-dealkylation sites (N-methyl/N-ethyl adjacent to an activating group) is 1. The molecule has 0 N–H and O–H groups in total. The molecule has 0 amide bonds. The largest absolute Gasteiger partial charge is 0.487 e. The average molecular weight is 177 g/mol. The summed E-state index contributed by atoms with van der Waals surface area (Å²) in [5.41, 5.74) is 0. The molecule has 1 aliphatic rings. The van der Waals surface area contributed by atoms with Gasteiger partial charge in [0.25, 0.3) is 0 Å². The lowest BCUT2D eigenvalue weighted by atomic mass is 10.3. The summed E-state index contributed by atoms with van der Waals surface area (Å²) in [6.45, 7) is 2.12. The average Bonchev–Trinajstić information content (AvgIpc) is 2.53. The van der Waals surface area contributed by atoms with Crippen LogP contribution >= 0.6 is 0 Å². The fourth-order valence-electron chi connectivity index (χ4n) is 1.55. The minimum absolute atomic E-state index is 0.311. The second-order valence-corrected chi connectivity index (χ2v) is 3.40. The Morgan fingerprint density at radius 1 is 1.69 bits per heavy atom. The molecule has 0 aliphatic carbocycles. The standard InChI is InChI=1S/C10H13N2O/c1-12-6-4-10(8-12)13-9-3-2-5-11-7-9/h2-3,5,10H,4,6,8H2,1H3. The summed E-state index contributed by atoms with van der Waals surface area (Å²) in [6, 6.07) is 3.76. The third-order valence-corrected chi connectivity index (χ3v) is 2.22. The van der Waals surface area contributed by atoms with Crippen molar-refractivity contribution in [2.75, 3.05) is 20.1 Å². The maximum Gasteiger partial charge on any atom is 0.147 e. The maximum atomic E-state index is 5.69. The molecule has 1 aromatic heterocycles. The fourth-order valence-corrected chi connectivity index (χ4v) is 1.55. The third-order valence-electron chi connectivity index (χ3n) is 2.22. The van der Waals surface area contributed by atoms with E-state index in [1.165, 1.54) is 0 Å². The van der Waals surface area contributed by atoms with Gasteiger partial charge in [-0.1, -0.05) is 0 Å². The van der Waals surface area contributed by atoms with Crippen LogP contribution in [0.4, 0.5) is 0 Å². The predicted molar refractivity (Wildman–Crippen MR) is 49.6 cm³/mol. The van der Waals surface area contributed by atoms with Crippen LogP contribution in [0.1, 0.15) is 6.42 Å². The smallest absolute Gasteiger partial charge is 0.147 e. The van der Waals surface area contributed by atoms with Crippen molar-refractivity contribution in [1.29, 1.82) is 0 Å². The molecule has 2 rings (SSSR count). The van der Waals surface area contributed by atoms with Crippen molar-refractivity contribution in [3.63, 3.8) is 0 Å². The summed E-state index contributed by atoms with van der Waals surface area (Å²) in [5, 5.41) is 0. The van der Waals surface area contributed by atoms with Gasteiger partial charge in [-0.3, -0.25) is 4.98 Å². The fraction of sp³-hybridized carbons (Fsp3) is 0.500. The van der Waals surface area contributed by atoms with Crippen molar-refractivity contribution < 1.29 is 4.74 Å². The van der Waals surface area contributed by atoms with Crippen molar-refractivity contribution in [1.82, 2.24) is 9.88 Å². The number of nitrogens with zero attached hydrogens (tertiary/aromatic N) is 2. The SMILES string of the molecule is CN1CCC(Oc2[c]nccc2)C1. The van der Waals surface area contributed by atoms with Crippen LogP contribution in [0.3, 0.4) is 0 Å². The van der Waals surface area contributed by atoms with Crippen molar-refractivity contribution >= 4 is 0 Å². The molecule has 1 aliphatic heterocycles. The Labute approximate surface area is 78.3 Å². The zero-order valence-corrected chi connectivity index (χ0v) is 7.73. The molecule has 69 valence electrons. The van der Waals surface area contributed by atoms with Crippen LogP contribution in [0.2, 0.25) is 0 Å². The summed E-state index contributed by atoms with van der Waals surface area (Å²) in [5.74, 6) is 0.753. The molecule has 3 nitrogen and oxygen atoms in total. The number of ether oxygens (including phenoxy) is 1. The molecule has 0 spiro atoms. The minimum atomic E-state index is 0.311. The van der Waals surface area contributed by atoms with E-state index >= 15 is 0 Å². The van der Waals surface area contributed by atoms with Gasteiger partial charge in [-0.15, -0.1) is 0 Å². The van der Waals surface area contributed by atoms with Crippen molar-refractivity contribution in [3.05, 3.63) is 24.5 Å². The second-order valence-electron chi connectivity index (χ2n) is 3.40. The zero-order chi connectivity index (χ0) is 9.10. The lowest BCUT2D eigenvalue weighted by Gasteiger charge is -2.12. The Kier molecular flexibility index (Phi) is 2.45. The maximum absolute atomic E-state index is 5.69. The number of pyridine rings is 1. The number of rotatable bonds is 2. The lowest BCUT2D eigenvalue weighted by molar-refractivity contribution is 0.207. The molecular weight excluding hydrogens is 164 g/mol. The third kappa shape index (κ3) is 2.18. The molecule has 0 saturated carbocycles. The van der Waals surface area contributed by atoms with E-state index < -0.39 is 0 Å². The van der Waals surface area contributed by atoms with Crippen molar-refractivity contribution in [3.8, 4) is 5.75 Å². The van der Waals surface area contributed by atoms with Gasteiger partial charge in [0.15, 0.2) is 0 Å². The summed E-state index contributed by atoms with van der Waals surface area (Å²) < 4.78 is 5.69. The van der Waals surface area contributed by atoms with Crippen LogP contribution in [0, 0.1) is 6.20 Å². The summed E-state index contributed by atoms with van der Waals surface area (Å²) in [4.78, 5) is 6.15. The van der Waals surface area contributed by atoms with E-state index in [1.807, 2.05) is 12.1 Å². The Bertz CT molecular complexity index is 263. The highest BCUT2D eigenvalue weighted by Crippen LogP contribution is 2.15. The quantitative estimate of drug-likeness (QED) is 0.673. The van der Waals surface area contributed by atoms with Gasteiger partial charge in [0.1, 0.15) is 18.1 Å². The summed E-state index contributed by atoms with van der Waals surface area (Å²) >= 11 is 0. The van der Waals surface area contributed by atoms with Gasteiger partial charge in [-0.05, 0) is 25.6 Å². The number of aromatic nitrogens is 1. The van der Waals surface area contributed by atoms with Gasteiger partial charge in [-0.25, -0.2) is 0 Å². The predicted octanol–water partition coefficient (Wildman–Crippen LogP) is 0.965. The van der Waals surface area contributed by atoms with Crippen LogP contribution in [0.15, 0.2) is 18.3 Å². The molecular formula is C10H13N2O. The van der Waals surface area contributed by atoms with Crippen molar-refractivity contribution in [2.45, 2.75) is 12.5 Å². The number of hydrogen-bond acceptors (Lipinski definition) is 3. The Balaban J connectivity index is 1.92. The Morgan fingerprint density at radius 2 is 2.62 bits per heavy atom. The molecule has 1 unspecified atom stereocenters. The van der Waals surface area contributed by atoms with Gasteiger partial charge in [-0.2, -0.15) is 0 Å². The second kappa shape index (κ2) is 3.75. The van der Waals surface area contributed by atoms with Gasteiger partial charge in [0.2, 0.25) is 0 Å². The van der Waals surface area contributed by atoms with E-state index in [2.05, 4.69) is 23.1 Å². The molecule has 2 heterocycles. The van der Waals surface area contributed by atoms with E-state index in [1.54, 1.807) is 6.20 Å². The van der Waals surface area contributed by atoms with E-state index in [0.717, 1.165) is 25.3 Å². The van der Waals surface area contributed by atoms with Gasteiger partial charge in [0.05, 0.1) is 0 Å². The highest BCUT2D eigenvalue weighted by molar-refractivity contribution is 5.14. The first-order valence-corrected chi connectivity index (χ1v) is 4.52. The molecule has 0 bridgehead atoms. The first-order chi connectivity index (χ1) is 6.34. The van der Waals surface area contributed by atoms with E-state index in [4.69, 9.17) is 4.74 Å². The Hall–Kier alpha value is -1.09. The van der Waals surface area contributed by atoms with E-state index in [0.29, 0.717) is 6.10 Å². The molecule has 13 heavy (non-hydrogen) atoms. The van der Waals surface area contributed by atoms with Crippen LogP contribution in [-0.4, -0.2) is 36.1 Å². The first-order valence-electron chi connectivity index (χ1n) is 4.52. The molecule has 1 radical (unpaired) electrons. The molecule has 1 atom stereocenters. The molecule has 1 aromatic rings. The highest BCUT2D eigenvalue weighted by Gasteiger charge is 2.20. The normalized spacial score (nSPS) is 23.3. The molecule has 3 heteroatoms.